The molecule has 18 heavy (non-hydrogen) atoms. The van der Waals surface area contributed by atoms with E-state index in [4.69, 9.17) is 5.73 Å². The first kappa shape index (κ1) is 12.1. The number of non-ortho nitro benzene ring substituents is 1. The number of carbonyl (C=O) groups is 1. The topological polar surface area (TPSA) is 130 Å². The van der Waals surface area contributed by atoms with Gasteiger partial charge in [0.15, 0.2) is 6.04 Å². The molecule has 0 aliphatic heterocycles. The highest BCUT2D eigenvalue weighted by molar-refractivity contribution is 5.86. The van der Waals surface area contributed by atoms with E-state index in [1.54, 1.807) is 12.3 Å². The lowest BCUT2D eigenvalue weighted by Crippen LogP contribution is -2.67. The lowest BCUT2D eigenvalue weighted by molar-refractivity contribution is -0.402. The molecule has 0 radical (unpaired) electrons. The molecule has 0 fully saturated rings. The number of amides is 1. The molecule has 0 spiro atoms. The Labute approximate surface area is 102 Å². The normalized spacial score (nSPS) is 12.5. The first-order valence-corrected chi connectivity index (χ1v) is 5.36. The number of nitro benzene ring substituents is 1. The fourth-order valence-electron chi connectivity index (χ4n) is 1.81. The van der Waals surface area contributed by atoms with Crippen LogP contribution in [0.3, 0.4) is 0 Å². The molecule has 0 aliphatic carbocycles. The maximum absolute atomic E-state index is 11.0. The van der Waals surface area contributed by atoms with Crippen molar-refractivity contribution in [2.45, 2.75) is 12.5 Å². The second-order valence-electron chi connectivity index (χ2n) is 4.10. The van der Waals surface area contributed by atoms with Gasteiger partial charge in [-0.25, -0.2) is 0 Å². The molecule has 0 saturated heterocycles. The van der Waals surface area contributed by atoms with Crippen LogP contribution in [0.4, 0.5) is 5.69 Å². The summed E-state index contributed by atoms with van der Waals surface area (Å²) in [4.78, 5) is 24.2. The average molecular weight is 249 g/mol. The quantitative estimate of drug-likeness (QED) is 0.508. The van der Waals surface area contributed by atoms with Gasteiger partial charge in [0.25, 0.3) is 11.6 Å². The summed E-state index contributed by atoms with van der Waals surface area (Å²) in [6, 6.07) is 4.00. The zero-order chi connectivity index (χ0) is 13.3. The predicted molar refractivity (Wildman–Crippen MR) is 64.5 cm³/mol. The van der Waals surface area contributed by atoms with E-state index in [0.717, 1.165) is 16.5 Å². The van der Waals surface area contributed by atoms with Gasteiger partial charge < -0.3 is 16.5 Å². The van der Waals surface area contributed by atoms with E-state index in [-0.39, 0.29) is 5.69 Å². The maximum atomic E-state index is 11.0. The van der Waals surface area contributed by atoms with Crippen molar-refractivity contribution in [1.82, 2.24) is 4.98 Å². The fourth-order valence-corrected chi connectivity index (χ4v) is 1.81. The Morgan fingerprint density at radius 2 is 2.28 bits per heavy atom. The van der Waals surface area contributed by atoms with Gasteiger partial charge in [0.2, 0.25) is 0 Å². The first-order chi connectivity index (χ1) is 8.49. The van der Waals surface area contributed by atoms with Crippen LogP contribution in [0.25, 0.3) is 10.9 Å². The third-order valence-electron chi connectivity index (χ3n) is 2.83. The summed E-state index contributed by atoms with van der Waals surface area (Å²) in [6.07, 6.45) is 2.08. The standard InChI is InChI=1S/C11H12N4O3/c12-9(11(13)16)3-6-5-14-10-2-1-7(15(17)18)4-8(6)10/h1-2,4-5,9,14H,3,12H2,(H2,13,16)/p+1. The van der Waals surface area contributed by atoms with Gasteiger partial charge in [0.1, 0.15) is 0 Å². The van der Waals surface area contributed by atoms with Crippen molar-refractivity contribution in [2.75, 3.05) is 0 Å². The molecule has 0 aliphatic rings. The van der Waals surface area contributed by atoms with Gasteiger partial charge in [0, 0.05) is 35.7 Å². The SMILES string of the molecule is NC(=O)C([NH3+])Cc1c[nH]c2ccc([N+](=O)[O-])cc12. The molecule has 1 atom stereocenters. The summed E-state index contributed by atoms with van der Waals surface area (Å²) < 4.78 is 0. The number of quaternary nitrogens is 1. The van der Waals surface area contributed by atoms with Crippen molar-refractivity contribution in [3.8, 4) is 0 Å². The summed E-state index contributed by atoms with van der Waals surface area (Å²) >= 11 is 0. The minimum Gasteiger partial charge on any atom is -0.365 e. The smallest absolute Gasteiger partial charge is 0.275 e. The fraction of sp³-hybridized carbons (Fsp3) is 0.182. The number of aromatic amines is 1. The van der Waals surface area contributed by atoms with Crippen molar-refractivity contribution in [3.63, 3.8) is 0 Å². The molecule has 1 amide bonds. The lowest BCUT2D eigenvalue weighted by Gasteiger charge is -2.02. The highest BCUT2D eigenvalue weighted by Gasteiger charge is 2.17. The molecule has 1 aromatic heterocycles. The molecule has 94 valence electrons. The third kappa shape index (κ3) is 2.16. The lowest BCUT2D eigenvalue weighted by atomic mass is 10.0. The van der Waals surface area contributed by atoms with Gasteiger partial charge in [-0.05, 0) is 11.6 Å². The van der Waals surface area contributed by atoms with Crippen LogP contribution in [-0.4, -0.2) is 21.9 Å². The molecule has 0 bridgehead atoms. The second kappa shape index (κ2) is 4.46. The van der Waals surface area contributed by atoms with E-state index in [0.29, 0.717) is 6.42 Å². The molecule has 1 aromatic carbocycles. The number of nitrogens with zero attached hydrogens (tertiary/aromatic N) is 1. The molecule has 0 saturated carbocycles. The molecule has 6 N–H and O–H groups in total. The van der Waals surface area contributed by atoms with Crippen LogP contribution in [0, 0.1) is 10.1 Å². The van der Waals surface area contributed by atoms with E-state index in [1.165, 1.54) is 12.1 Å². The van der Waals surface area contributed by atoms with Crippen LogP contribution in [0.1, 0.15) is 5.56 Å². The van der Waals surface area contributed by atoms with Crippen molar-refractivity contribution in [1.29, 1.82) is 0 Å². The van der Waals surface area contributed by atoms with E-state index >= 15 is 0 Å². The average Bonchev–Trinajstić information content (AvgIpc) is 2.71. The van der Waals surface area contributed by atoms with Gasteiger partial charge in [-0.3, -0.25) is 14.9 Å². The number of primary amides is 1. The summed E-state index contributed by atoms with van der Waals surface area (Å²) in [5, 5.41) is 11.4. The van der Waals surface area contributed by atoms with Gasteiger partial charge in [0.05, 0.1) is 4.92 Å². The molecule has 7 nitrogen and oxygen atoms in total. The number of hydrogen-bond acceptors (Lipinski definition) is 3. The van der Waals surface area contributed by atoms with E-state index in [1.807, 2.05) is 0 Å². The Hall–Kier alpha value is -2.41. The molecule has 2 rings (SSSR count). The Balaban J connectivity index is 2.42. The summed E-state index contributed by atoms with van der Waals surface area (Å²) in [6.45, 7) is 0. The monoisotopic (exact) mass is 249 g/mol. The molecular formula is C11H13N4O3+. The summed E-state index contributed by atoms with van der Waals surface area (Å²) in [5.41, 5.74) is 10.4. The minimum absolute atomic E-state index is 0.0167. The number of nitrogens with one attached hydrogen (secondary N) is 1. The van der Waals surface area contributed by atoms with Gasteiger partial charge in [-0.1, -0.05) is 0 Å². The number of nitro groups is 1. The van der Waals surface area contributed by atoms with Gasteiger partial charge in [-0.2, -0.15) is 0 Å². The molecule has 1 heterocycles. The van der Waals surface area contributed by atoms with Crippen molar-refractivity contribution >= 4 is 22.5 Å². The van der Waals surface area contributed by atoms with Crippen LogP contribution in [-0.2, 0) is 11.2 Å². The van der Waals surface area contributed by atoms with Gasteiger partial charge in [-0.15, -0.1) is 0 Å². The minimum atomic E-state index is -0.553. The van der Waals surface area contributed by atoms with E-state index in [9.17, 15) is 14.9 Å². The highest BCUT2D eigenvalue weighted by Crippen LogP contribution is 2.24. The number of fused-ring (bicyclic) bond motifs is 1. The Kier molecular flexibility index (Phi) is 2.99. The summed E-state index contributed by atoms with van der Waals surface area (Å²) in [7, 11) is 0. The number of aromatic nitrogens is 1. The van der Waals surface area contributed by atoms with Crippen LogP contribution >= 0.6 is 0 Å². The van der Waals surface area contributed by atoms with Crippen LogP contribution in [0.15, 0.2) is 24.4 Å². The van der Waals surface area contributed by atoms with Crippen molar-refractivity contribution < 1.29 is 15.5 Å². The summed E-state index contributed by atoms with van der Waals surface area (Å²) in [5.74, 6) is -0.491. The molecule has 2 aromatic rings. The van der Waals surface area contributed by atoms with Crippen molar-refractivity contribution in [2.24, 2.45) is 5.73 Å². The van der Waals surface area contributed by atoms with Gasteiger partial charge >= 0.3 is 0 Å². The molecular weight excluding hydrogens is 236 g/mol. The Morgan fingerprint density at radius 3 is 2.89 bits per heavy atom. The van der Waals surface area contributed by atoms with Crippen molar-refractivity contribution in [3.05, 3.63) is 40.1 Å². The number of H-pyrrole nitrogens is 1. The first-order valence-electron chi connectivity index (χ1n) is 5.36. The third-order valence-corrected chi connectivity index (χ3v) is 2.83. The van der Waals surface area contributed by atoms with Crippen LogP contribution in [0.5, 0.6) is 0 Å². The van der Waals surface area contributed by atoms with E-state index < -0.39 is 16.9 Å². The predicted octanol–water partition coefficient (Wildman–Crippen LogP) is -0.286. The Morgan fingerprint density at radius 1 is 1.56 bits per heavy atom. The largest absolute Gasteiger partial charge is 0.365 e. The number of carbonyl (C=O) groups excluding carboxylic acids is 1. The second-order valence-corrected chi connectivity index (χ2v) is 4.10. The molecule has 7 heteroatoms. The van der Waals surface area contributed by atoms with E-state index in [2.05, 4.69) is 10.7 Å². The number of rotatable bonds is 4. The number of hydrogen-bond donors (Lipinski definition) is 3. The molecule has 1 unspecified atom stereocenters. The number of nitrogens with two attached hydrogens (primary N) is 1. The Bertz CT molecular complexity index is 620. The van der Waals surface area contributed by atoms with Crippen LogP contribution < -0.4 is 11.5 Å². The zero-order valence-electron chi connectivity index (χ0n) is 9.55. The van der Waals surface area contributed by atoms with Crippen LogP contribution in [0.2, 0.25) is 0 Å². The number of benzene rings is 1. The highest BCUT2D eigenvalue weighted by atomic mass is 16.6. The maximum Gasteiger partial charge on any atom is 0.275 e. The zero-order valence-corrected chi connectivity index (χ0v) is 9.55.